The van der Waals surface area contributed by atoms with E-state index in [1.165, 1.54) is 11.1 Å². The molecule has 1 heterocycles. The van der Waals surface area contributed by atoms with E-state index in [-0.39, 0.29) is 0 Å². The third kappa shape index (κ3) is 2.76. The molecule has 0 fully saturated rings. The summed E-state index contributed by atoms with van der Waals surface area (Å²) in [5, 5.41) is 0. The molecule has 2 rings (SSSR count). The Morgan fingerprint density at radius 3 is 2.67 bits per heavy atom. The predicted molar refractivity (Wildman–Crippen MR) is 71.9 cm³/mol. The molecule has 1 atom stereocenters. The van der Waals surface area contributed by atoms with Gasteiger partial charge < -0.3 is 15.2 Å². The monoisotopic (exact) mass is 250 g/mol. The van der Waals surface area contributed by atoms with Crippen LogP contribution in [0, 0.1) is 6.92 Å². The third-order valence-corrected chi connectivity index (χ3v) is 3.59. The highest BCUT2D eigenvalue weighted by atomic mass is 16.7. The fourth-order valence-electron chi connectivity index (χ4n) is 2.14. The van der Waals surface area contributed by atoms with Gasteiger partial charge in [-0.1, -0.05) is 0 Å². The van der Waals surface area contributed by atoms with Crippen LogP contribution in [0.15, 0.2) is 12.1 Å². The summed E-state index contributed by atoms with van der Waals surface area (Å²) < 4.78 is 10.8. The van der Waals surface area contributed by atoms with Crippen LogP contribution in [0.5, 0.6) is 11.5 Å². The van der Waals surface area contributed by atoms with Gasteiger partial charge in [-0.2, -0.15) is 0 Å². The van der Waals surface area contributed by atoms with Crippen molar-refractivity contribution in [3.05, 3.63) is 23.3 Å². The van der Waals surface area contributed by atoms with E-state index >= 15 is 0 Å². The molecule has 4 nitrogen and oxygen atoms in total. The lowest BCUT2D eigenvalue weighted by molar-refractivity contribution is 0.174. The van der Waals surface area contributed by atoms with Crippen molar-refractivity contribution in [2.24, 2.45) is 5.73 Å². The van der Waals surface area contributed by atoms with E-state index in [9.17, 15) is 0 Å². The van der Waals surface area contributed by atoms with E-state index in [1.807, 2.05) is 0 Å². The lowest BCUT2D eigenvalue weighted by atomic mass is 10.1. The first-order valence-electron chi connectivity index (χ1n) is 6.41. The lowest BCUT2D eigenvalue weighted by Gasteiger charge is -2.25. The lowest BCUT2D eigenvalue weighted by Crippen LogP contribution is -2.30. The number of nitrogens with two attached hydrogens (primary N) is 1. The summed E-state index contributed by atoms with van der Waals surface area (Å²) in [7, 11) is 2.13. The summed E-state index contributed by atoms with van der Waals surface area (Å²) in [6.45, 7) is 6.28. The van der Waals surface area contributed by atoms with Crippen LogP contribution in [-0.2, 0) is 6.54 Å². The molecule has 0 radical (unpaired) electrons. The van der Waals surface area contributed by atoms with Crippen LogP contribution < -0.4 is 15.2 Å². The molecule has 1 aliphatic rings. The average molecular weight is 250 g/mol. The van der Waals surface area contributed by atoms with Crippen LogP contribution >= 0.6 is 0 Å². The molecule has 0 aliphatic carbocycles. The van der Waals surface area contributed by atoms with Crippen LogP contribution in [0.3, 0.4) is 0 Å². The Kier molecular flexibility index (Phi) is 4.09. The number of benzene rings is 1. The number of nitrogens with zero attached hydrogens (tertiary/aromatic N) is 1. The van der Waals surface area contributed by atoms with Crippen molar-refractivity contribution in [2.75, 3.05) is 20.4 Å². The third-order valence-electron chi connectivity index (χ3n) is 3.59. The highest BCUT2D eigenvalue weighted by molar-refractivity contribution is 5.48. The van der Waals surface area contributed by atoms with Crippen molar-refractivity contribution in [2.45, 2.75) is 32.9 Å². The van der Waals surface area contributed by atoms with E-state index in [2.05, 4.69) is 37.9 Å². The van der Waals surface area contributed by atoms with Gasteiger partial charge in [-0.25, -0.2) is 0 Å². The van der Waals surface area contributed by atoms with Gasteiger partial charge >= 0.3 is 0 Å². The number of ether oxygens (including phenoxy) is 2. The molecular weight excluding hydrogens is 228 g/mol. The number of rotatable bonds is 5. The molecule has 1 aromatic rings. The normalized spacial score (nSPS) is 15.2. The zero-order chi connectivity index (χ0) is 13.1. The number of hydrogen-bond acceptors (Lipinski definition) is 4. The number of fused-ring (bicyclic) bond motifs is 1. The molecule has 0 bridgehead atoms. The average Bonchev–Trinajstić information content (AvgIpc) is 2.76. The summed E-state index contributed by atoms with van der Waals surface area (Å²) in [6.07, 6.45) is 1.01. The second-order valence-electron chi connectivity index (χ2n) is 4.97. The minimum Gasteiger partial charge on any atom is -0.454 e. The Hall–Kier alpha value is -1.26. The molecule has 0 saturated heterocycles. The SMILES string of the molecule is Cc1cc2c(cc1CN(C)C(C)CCN)OCO2. The molecule has 1 aliphatic heterocycles. The van der Waals surface area contributed by atoms with E-state index in [0.29, 0.717) is 12.8 Å². The fourth-order valence-corrected chi connectivity index (χ4v) is 2.14. The second-order valence-corrected chi connectivity index (χ2v) is 4.97. The van der Waals surface area contributed by atoms with Crippen LogP contribution in [-0.4, -0.2) is 31.3 Å². The standard InChI is InChI=1S/C14H22N2O2/c1-10-6-13-14(18-9-17-13)7-12(10)8-16(3)11(2)4-5-15/h6-7,11H,4-5,8-9,15H2,1-3H3. The zero-order valence-electron chi connectivity index (χ0n) is 11.4. The van der Waals surface area contributed by atoms with E-state index < -0.39 is 0 Å². The van der Waals surface area contributed by atoms with E-state index in [1.54, 1.807) is 0 Å². The summed E-state index contributed by atoms with van der Waals surface area (Å²) in [5.41, 5.74) is 8.13. The first kappa shape index (κ1) is 13.2. The van der Waals surface area contributed by atoms with Crippen LogP contribution in [0.2, 0.25) is 0 Å². The maximum atomic E-state index is 5.60. The number of hydrogen-bond donors (Lipinski definition) is 1. The first-order chi connectivity index (χ1) is 8.61. The Bertz CT molecular complexity index is 421. The summed E-state index contributed by atoms with van der Waals surface area (Å²) >= 11 is 0. The van der Waals surface area contributed by atoms with Gasteiger partial charge in [-0.3, -0.25) is 4.90 Å². The van der Waals surface area contributed by atoms with E-state index in [0.717, 1.165) is 31.0 Å². The van der Waals surface area contributed by atoms with Gasteiger partial charge in [0.05, 0.1) is 0 Å². The van der Waals surface area contributed by atoms with Crippen molar-refractivity contribution < 1.29 is 9.47 Å². The quantitative estimate of drug-likeness (QED) is 0.867. The van der Waals surface area contributed by atoms with Gasteiger partial charge in [0.15, 0.2) is 11.5 Å². The molecule has 0 aromatic heterocycles. The van der Waals surface area contributed by atoms with Crippen molar-refractivity contribution >= 4 is 0 Å². The minimum atomic E-state index is 0.331. The fraction of sp³-hybridized carbons (Fsp3) is 0.571. The summed E-state index contributed by atoms with van der Waals surface area (Å²) in [4.78, 5) is 2.32. The summed E-state index contributed by atoms with van der Waals surface area (Å²) in [6, 6.07) is 4.63. The van der Waals surface area contributed by atoms with E-state index in [4.69, 9.17) is 15.2 Å². The largest absolute Gasteiger partial charge is 0.454 e. The van der Waals surface area contributed by atoms with Gasteiger partial charge in [0.1, 0.15) is 0 Å². The maximum absolute atomic E-state index is 5.60. The first-order valence-corrected chi connectivity index (χ1v) is 6.41. The van der Waals surface area contributed by atoms with Gasteiger partial charge in [-0.05, 0) is 57.1 Å². The molecular formula is C14H22N2O2. The molecule has 1 aromatic carbocycles. The van der Waals surface area contributed by atoms with Crippen molar-refractivity contribution in [1.82, 2.24) is 4.90 Å². The maximum Gasteiger partial charge on any atom is 0.231 e. The molecule has 18 heavy (non-hydrogen) atoms. The molecule has 1 unspecified atom stereocenters. The topological polar surface area (TPSA) is 47.7 Å². The van der Waals surface area contributed by atoms with Crippen molar-refractivity contribution in [3.63, 3.8) is 0 Å². The Balaban J connectivity index is 2.09. The van der Waals surface area contributed by atoms with Gasteiger partial charge in [0.2, 0.25) is 6.79 Å². The highest BCUT2D eigenvalue weighted by Gasteiger charge is 2.17. The zero-order valence-corrected chi connectivity index (χ0v) is 11.4. The van der Waals surface area contributed by atoms with Crippen LogP contribution in [0.1, 0.15) is 24.5 Å². The second kappa shape index (κ2) is 5.59. The molecule has 2 N–H and O–H groups in total. The minimum absolute atomic E-state index is 0.331. The Morgan fingerprint density at radius 2 is 2.00 bits per heavy atom. The predicted octanol–water partition coefficient (Wildman–Crippen LogP) is 1.89. The molecule has 0 amide bonds. The molecule has 0 spiro atoms. The van der Waals surface area contributed by atoms with Crippen molar-refractivity contribution in [3.8, 4) is 11.5 Å². The molecule has 0 saturated carbocycles. The van der Waals surface area contributed by atoms with Gasteiger partial charge in [0.25, 0.3) is 0 Å². The van der Waals surface area contributed by atoms with Gasteiger partial charge in [-0.15, -0.1) is 0 Å². The summed E-state index contributed by atoms with van der Waals surface area (Å²) in [5.74, 6) is 1.71. The van der Waals surface area contributed by atoms with Crippen LogP contribution in [0.4, 0.5) is 0 Å². The van der Waals surface area contributed by atoms with Gasteiger partial charge in [0, 0.05) is 12.6 Å². The Morgan fingerprint density at radius 1 is 1.33 bits per heavy atom. The van der Waals surface area contributed by atoms with Crippen molar-refractivity contribution in [1.29, 1.82) is 0 Å². The Labute approximate surface area is 109 Å². The highest BCUT2D eigenvalue weighted by Crippen LogP contribution is 2.35. The smallest absolute Gasteiger partial charge is 0.231 e. The molecule has 4 heteroatoms. The number of aryl methyl sites for hydroxylation is 1. The molecule has 100 valence electrons. The van der Waals surface area contributed by atoms with Crippen LogP contribution in [0.25, 0.3) is 0 Å².